The number of nitrogens with zero attached hydrogens (tertiary/aromatic N) is 6. The number of fused-ring (bicyclic) bond motifs is 3. The molecule has 2 aliphatic rings. The summed E-state index contributed by atoms with van der Waals surface area (Å²) in [6, 6.07) is 14.1. The molecule has 2 fully saturated rings. The van der Waals surface area contributed by atoms with Gasteiger partial charge in [0.2, 0.25) is 0 Å². The number of hydrazone groups is 1. The number of nitrogens with one attached hydrogen (secondary N) is 1. The average molecular weight is 561 g/mol. The van der Waals surface area contributed by atoms with Crippen molar-refractivity contribution in [1.82, 2.24) is 29.9 Å². The molecular weight excluding hydrogens is 528 g/mol. The third-order valence-corrected chi connectivity index (χ3v) is 8.32. The number of carbonyl (C=O) groups is 2. The Kier molecular flexibility index (Phi) is 7.14. The molecule has 1 aromatic carbocycles. The smallest absolute Gasteiger partial charge is 0.251 e. The number of Topliss-reactive ketones (excluding diaryl/α,β-unsaturated/α-hetero) is 1. The maximum atomic E-state index is 13.3. The van der Waals surface area contributed by atoms with Gasteiger partial charge in [-0.15, -0.1) is 5.10 Å². The van der Waals surface area contributed by atoms with Gasteiger partial charge in [-0.3, -0.25) is 20.0 Å². The Bertz CT molecular complexity index is 1740. The highest BCUT2D eigenvalue weighted by molar-refractivity contribution is 6.00. The predicted molar refractivity (Wildman–Crippen MR) is 162 cm³/mol. The normalized spacial score (nSPS) is 19.9. The van der Waals surface area contributed by atoms with Gasteiger partial charge in [-0.2, -0.15) is 9.61 Å². The fraction of sp³-hybridized carbons (Fsp3) is 0.281. The molecule has 10 heteroatoms. The monoisotopic (exact) mass is 560 g/mol. The molecule has 3 aromatic heterocycles. The van der Waals surface area contributed by atoms with Crippen molar-refractivity contribution in [1.29, 1.82) is 0 Å². The lowest BCUT2D eigenvalue weighted by atomic mass is 9.85. The first-order chi connectivity index (χ1) is 20.4. The molecule has 42 heavy (non-hydrogen) atoms. The third-order valence-electron chi connectivity index (χ3n) is 8.32. The highest BCUT2D eigenvalue weighted by atomic mass is 16.2. The van der Waals surface area contributed by atoms with Crippen LogP contribution in [-0.4, -0.2) is 54.1 Å². The fourth-order valence-electron chi connectivity index (χ4n) is 6.40. The Hall–Kier alpha value is -5.08. The van der Waals surface area contributed by atoms with Crippen LogP contribution in [0.4, 0.5) is 5.82 Å². The highest BCUT2D eigenvalue weighted by Gasteiger charge is 2.45. The molecule has 2 atom stereocenters. The van der Waals surface area contributed by atoms with Gasteiger partial charge in [0.15, 0.2) is 11.4 Å². The lowest BCUT2D eigenvalue weighted by Gasteiger charge is -2.39. The lowest BCUT2D eigenvalue weighted by molar-refractivity contribution is -0.131. The number of ketones is 1. The second-order valence-electron chi connectivity index (χ2n) is 10.9. The van der Waals surface area contributed by atoms with Crippen LogP contribution < -0.4 is 11.2 Å². The van der Waals surface area contributed by atoms with E-state index in [1.54, 1.807) is 23.8 Å². The van der Waals surface area contributed by atoms with Crippen molar-refractivity contribution in [3.63, 3.8) is 0 Å². The maximum Gasteiger partial charge on any atom is 0.251 e. The van der Waals surface area contributed by atoms with Crippen LogP contribution in [0.2, 0.25) is 0 Å². The lowest BCUT2D eigenvalue weighted by Crippen LogP contribution is -2.46. The Balaban J connectivity index is 1.34. The molecule has 0 aliphatic carbocycles. The van der Waals surface area contributed by atoms with Gasteiger partial charge in [0.1, 0.15) is 5.82 Å². The van der Waals surface area contributed by atoms with E-state index in [1.165, 1.54) is 6.92 Å². The number of nitrogen functional groups attached to an aromatic ring is 1. The summed E-state index contributed by atoms with van der Waals surface area (Å²) in [6.07, 6.45) is 8.31. The van der Waals surface area contributed by atoms with Crippen molar-refractivity contribution in [2.75, 3.05) is 5.73 Å². The van der Waals surface area contributed by atoms with Crippen LogP contribution in [0.5, 0.6) is 0 Å². The van der Waals surface area contributed by atoms with Gasteiger partial charge in [-0.1, -0.05) is 36.4 Å². The number of hydrogen-bond donors (Lipinski definition) is 2. The van der Waals surface area contributed by atoms with Crippen LogP contribution in [0.1, 0.15) is 61.5 Å². The fourth-order valence-corrected chi connectivity index (χ4v) is 6.40. The summed E-state index contributed by atoms with van der Waals surface area (Å²) in [5.41, 5.74) is 15.1. The molecule has 0 radical (unpaired) electrons. The van der Waals surface area contributed by atoms with Crippen LogP contribution in [-0.2, 0) is 4.79 Å². The van der Waals surface area contributed by atoms with E-state index in [0.717, 1.165) is 35.2 Å². The molecule has 1 amide bonds. The first-order valence-corrected chi connectivity index (χ1v) is 14.0. The summed E-state index contributed by atoms with van der Waals surface area (Å²) < 4.78 is 1.54. The summed E-state index contributed by atoms with van der Waals surface area (Å²) in [4.78, 5) is 38.0. The number of piperidine rings is 1. The van der Waals surface area contributed by atoms with Crippen LogP contribution in [0.15, 0.2) is 78.3 Å². The Morgan fingerprint density at radius 2 is 1.81 bits per heavy atom. The van der Waals surface area contributed by atoms with E-state index >= 15 is 0 Å². The Morgan fingerprint density at radius 1 is 1.07 bits per heavy atom. The summed E-state index contributed by atoms with van der Waals surface area (Å²) in [5.74, 6) is 2.47. The molecule has 2 unspecified atom stereocenters. The SMILES string of the molecule is C=C=NN/C=C(\C)C(=O)N1C2CCC1CC(c1nc3c(-c4ccc(-c5ccccc5)nc4)cnn3c(N)c1C(C)=O)C2. The number of hydrogen-bond acceptors (Lipinski definition) is 8. The van der Waals surface area contributed by atoms with Crippen molar-refractivity contribution in [2.45, 2.75) is 57.5 Å². The van der Waals surface area contributed by atoms with E-state index in [4.69, 9.17) is 10.7 Å². The number of carbonyl (C=O) groups excluding carboxylic acids is 2. The topological polar surface area (TPSA) is 131 Å². The average Bonchev–Trinajstić information content (AvgIpc) is 3.55. The van der Waals surface area contributed by atoms with E-state index in [2.05, 4.69) is 33.1 Å². The summed E-state index contributed by atoms with van der Waals surface area (Å²) >= 11 is 0. The summed E-state index contributed by atoms with van der Waals surface area (Å²) in [6.45, 7) is 6.70. The number of nitrogens with two attached hydrogens (primary N) is 1. The van der Waals surface area contributed by atoms with E-state index in [1.807, 2.05) is 53.6 Å². The van der Waals surface area contributed by atoms with Gasteiger partial charge < -0.3 is 10.6 Å². The zero-order valence-corrected chi connectivity index (χ0v) is 23.6. The molecule has 10 nitrogen and oxygen atoms in total. The minimum absolute atomic E-state index is 0.0213. The number of anilines is 1. The van der Waals surface area contributed by atoms with E-state index in [0.29, 0.717) is 35.3 Å². The van der Waals surface area contributed by atoms with Gasteiger partial charge in [0, 0.05) is 58.5 Å². The zero-order valence-electron chi connectivity index (χ0n) is 23.6. The van der Waals surface area contributed by atoms with E-state index in [9.17, 15) is 9.59 Å². The van der Waals surface area contributed by atoms with Crippen molar-refractivity contribution in [3.8, 4) is 22.4 Å². The first kappa shape index (κ1) is 27.1. The van der Waals surface area contributed by atoms with Gasteiger partial charge in [0.05, 0.1) is 23.1 Å². The molecule has 6 rings (SSSR count). The second kappa shape index (κ2) is 11.1. The van der Waals surface area contributed by atoms with E-state index < -0.39 is 0 Å². The predicted octanol–water partition coefficient (Wildman–Crippen LogP) is 4.74. The molecule has 5 heterocycles. The first-order valence-electron chi connectivity index (χ1n) is 14.0. The zero-order chi connectivity index (χ0) is 29.4. The summed E-state index contributed by atoms with van der Waals surface area (Å²) in [5, 5.41) is 8.23. The Labute approximate surface area is 243 Å². The maximum absolute atomic E-state index is 13.3. The Morgan fingerprint density at radius 3 is 2.45 bits per heavy atom. The van der Waals surface area contributed by atoms with Crippen molar-refractivity contribution in [3.05, 3.63) is 84.5 Å². The molecule has 0 spiro atoms. The molecule has 2 saturated heterocycles. The summed E-state index contributed by atoms with van der Waals surface area (Å²) in [7, 11) is 0. The second-order valence-corrected chi connectivity index (χ2v) is 10.9. The highest BCUT2D eigenvalue weighted by Crippen LogP contribution is 2.45. The number of pyridine rings is 1. The molecule has 212 valence electrons. The van der Waals surface area contributed by atoms with Crippen molar-refractivity contribution < 1.29 is 9.59 Å². The molecule has 0 saturated carbocycles. The van der Waals surface area contributed by atoms with Gasteiger partial charge in [0.25, 0.3) is 5.91 Å². The molecule has 2 aliphatic heterocycles. The van der Waals surface area contributed by atoms with Crippen molar-refractivity contribution >= 4 is 29.0 Å². The number of benzene rings is 1. The minimum atomic E-state index is -0.152. The molecule has 4 aromatic rings. The van der Waals surface area contributed by atoms with E-state index in [-0.39, 0.29) is 35.5 Å². The quantitative estimate of drug-likeness (QED) is 0.144. The van der Waals surface area contributed by atoms with Crippen molar-refractivity contribution in [2.24, 2.45) is 5.10 Å². The van der Waals surface area contributed by atoms with Crippen LogP contribution >= 0.6 is 0 Å². The third kappa shape index (κ3) is 4.76. The van der Waals surface area contributed by atoms with Crippen LogP contribution in [0.3, 0.4) is 0 Å². The van der Waals surface area contributed by atoms with Gasteiger partial charge in [-0.25, -0.2) is 4.98 Å². The van der Waals surface area contributed by atoms with Gasteiger partial charge >= 0.3 is 0 Å². The van der Waals surface area contributed by atoms with Gasteiger partial charge in [-0.05, 0) is 52.2 Å². The number of amides is 1. The number of rotatable bonds is 7. The molecular formula is C32H32N8O2. The molecule has 2 bridgehead atoms. The standard InChI is InChI=1S/C32H32N8O2/c1-4-35-36-16-19(2)32(42)39-24-11-12-25(39)15-23(14-24)29-28(20(3)41)30(33)40-31(38-29)26(18-37-40)22-10-13-27(34-17-22)21-8-6-5-7-9-21/h5-10,13,16-18,23-25,36H,1,11-12,14-15,33H2,2-3H3/b19-16+. The molecule has 3 N–H and O–H groups in total. The minimum Gasteiger partial charge on any atom is -0.383 e. The van der Waals surface area contributed by atoms with Crippen LogP contribution in [0, 0.1) is 0 Å². The number of aromatic nitrogens is 4. The van der Waals surface area contributed by atoms with Crippen LogP contribution in [0.25, 0.3) is 28.0 Å². The largest absolute Gasteiger partial charge is 0.383 e.